The Hall–Kier alpha value is -2.81. The smallest absolute Gasteiger partial charge is 0.331 e. The first kappa shape index (κ1) is 43.6. The second kappa shape index (κ2) is 21.2. The summed E-state index contributed by atoms with van der Waals surface area (Å²) in [7, 11) is 1.12. The number of ether oxygens (including phenoxy) is 6. The van der Waals surface area contributed by atoms with Gasteiger partial charge in [0.2, 0.25) is 0 Å². The molecule has 2 saturated heterocycles. The SMILES string of the molecule is COC(=O)COC1C(NC(=O)c2ccc(Cl)c(Cl)c2)[C@H](CC(=O)CCC(=O)C[C@@H]2OC(CO)[C@H](O)[C@H](OC(C)=O)C2OCCCN)O[C@@H](CO)[C@@H]1O. The van der Waals surface area contributed by atoms with Crippen LogP contribution in [0.25, 0.3) is 0 Å². The van der Waals surface area contributed by atoms with E-state index in [2.05, 4.69) is 10.1 Å². The van der Waals surface area contributed by atoms with Gasteiger partial charge < -0.3 is 59.9 Å². The molecule has 292 valence electrons. The molecular weight excluding hydrogens is 735 g/mol. The van der Waals surface area contributed by atoms with E-state index in [-0.39, 0.29) is 48.0 Å². The fourth-order valence-corrected chi connectivity index (χ4v) is 6.20. The van der Waals surface area contributed by atoms with Crippen LogP contribution in [-0.2, 0) is 47.6 Å². The normalized spacial score (nSPS) is 28.9. The van der Waals surface area contributed by atoms with E-state index in [0.717, 1.165) is 14.0 Å². The fourth-order valence-electron chi connectivity index (χ4n) is 5.90. The van der Waals surface area contributed by atoms with Gasteiger partial charge in [-0.2, -0.15) is 0 Å². The van der Waals surface area contributed by atoms with Gasteiger partial charge in [-0.1, -0.05) is 23.2 Å². The number of esters is 2. The van der Waals surface area contributed by atoms with Crippen molar-refractivity contribution in [2.24, 2.45) is 5.73 Å². The number of halogens is 2. The lowest BCUT2D eigenvalue weighted by molar-refractivity contribution is -0.248. The third-order valence-corrected chi connectivity index (χ3v) is 9.28. The van der Waals surface area contributed by atoms with E-state index >= 15 is 0 Å². The average molecular weight is 782 g/mol. The number of Topliss-reactive ketones (excluding diaryl/α,β-unsaturated/α-hetero) is 2. The lowest BCUT2D eigenvalue weighted by atomic mass is 9.88. The minimum Gasteiger partial charge on any atom is -0.467 e. The van der Waals surface area contributed by atoms with Crippen LogP contribution in [0.2, 0.25) is 10.0 Å². The van der Waals surface area contributed by atoms with Crippen molar-refractivity contribution in [2.45, 2.75) is 100 Å². The first-order valence-corrected chi connectivity index (χ1v) is 17.3. The first-order chi connectivity index (χ1) is 24.7. The van der Waals surface area contributed by atoms with Gasteiger partial charge in [-0.25, -0.2) is 4.79 Å². The highest BCUT2D eigenvalue weighted by atomic mass is 35.5. The highest BCUT2D eigenvalue weighted by Gasteiger charge is 2.49. The standard InChI is InChI=1S/C33H46Cl2N2O15/c1-16(40)50-32-29(45)25(14-39)52-23(30(32)48-9-3-8-36)12-19(42)6-5-18(41)11-22-27(37-33(46)17-4-7-20(34)21(35)10-17)31(49-15-26(43)47-2)28(44)24(13-38)51-22/h4,7,10,22-25,27-32,38-39,44-45H,3,5-6,8-9,11-15,36H2,1-2H3,(H,37,46)/t22-,23-,24-,25?,27?,28-,29-,30?,31?,32-/m0/s1. The number of nitrogens with two attached hydrogens (primary N) is 1. The molecule has 0 radical (unpaired) electrons. The molecule has 19 heteroatoms. The number of hydrogen-bond donors (Lipinski definition) is 6. The topological polar surface area (TPSA) is 260 Å². The Morgan fingerprint density at radius 2 is 1.44 bits per heavy atom. The van der Waals surface area contributed by atoms with Crippen molar-refractivity contribution < 1.29 is 72.8 Å². The molecular formula is C33H46Cl2N2O15. The van der Waals surface area contributed by atoms with Gasteiger partial charge in [0.25, 0.3) is 5.91 Å². The zero-order valence-corrected chi connectivity index (χ0v) is 30.2. The monoisotopic (exact) mass is 780 g/mol. The highest BCUT2D eigenvalue weighted by Crippen LogP contribution is 2.30. The molecule has 1 aromatic carbocycles. The van der Waals surface area contributed by atoms with Crippen molar-refractivity contribution in [3.05, 3.63) is 33.8 Å². The molecule has 10 atom stereocenters. The van der Waals surface area contributed by atoms with E-state index in [1.54, 1.807) is 0 Å². The number of aliphatic hydroxyl groups excluding tert-OH is 4. The number of rotatable bonds is 19. The summed E-state index contributed by atoms with van der Waals surface area (Å²) in [4.78, 5) is 63.6. The Balaban J connectivity index is 1.76. The molecule has 52 heavy (non-hydrogen) atoms. The minimum absolute atomic E-state index is 0.0673. The van der Waals surface area contributed by atoms with E-state index in [1.807, 2.05) is 0 Å². The van der Waals surface area contributed by atoms with Gasteiger partial charge in [0.15, 0.2) is 6.10 Å². The second-order valence-corrected chi connectivity index (χ2v) is 13.1. The number of hydrogen-bond acceptors (Lipinski definition) is 16. The molecule has 17 nitrogen and oxygen atoms in total. The molecule has 2 heterocycles. The van der Waals surface area contributed by atoms with Crippen LogP contribution < -0.4 is 11.1 Å². The molecule has 1 aromatic rings. The second-order valence-electron chi connectivity index (χ2n) is 12.3. The summed E-state index contributed by atoms with van der Waals surface area (Å²) in [6, 6.07) is 2.82. The van der Waals surface area contributed by atoms with E-state index in [1.165, 1.54) is 18.2 Å². The maximum atomic E-state index is 13.3. The number of carbonyl (C=O) groups is 5. The zero-order valence-electron chi connectivity index (χ0n) is 28.7. The molecule has 3 rings (SSSR count). The number of ketones is 2. The van der Waals surface area contributed by atoms with Crippen LogP contribution in [0.3, 0.4) is 0 Å². The van der Waals surface area contributed by atoms with Crippen LogP contribution in [0.4, 0.5) is 0 Å². The van der Waals surface area contributed by atoms with Crippen molar-refractivity contribution in [2.75, 3.05) is 40.1 Å². The molecule has 0 aliphatic carbocycles. The Morgan fingerprint density at radius 3 is 2.00 bits per heavy atom. The molecule has 2 aliphatic rings. The predicted molar refractivity (Wildman–Crippen MR) is 180 cm³/mol. The van der Waals surface area contributed by atoms with E-state index in [0.29, 0.717) is 6.42 Å². The number of carbonyl (C=O) groups excluding carboxylic acids is 5. The zero-order chi connectivity index (χ0) is 38.5. The maximum absolute atomic E-state index is 13.3. The van der Waals surface area contributed by atoms with Crippen molar-refractivity contribution in [1.82, 2.24) is 5.32 Å². The highest BCUT2D eigenvalue weighted by molar-refractivity contribution is 6.42. The van der Waals surface area contributed by atoms with Gasteiger partial charge in [0, 0.05) is 44.8 Å². The summed E-state index contributed by atoms with van der Waals surface area (Å²) < 4.78 is 33.0. The van der Waals surface area contributed by atoms with Crippen molar-refractivity contribution in [1.29, 1.82) is 0 Å². The molecule has 7 N–H and O–H groups in total. The third kappa shape index (κ3) is 12.1. The molecule has 1 amide bonds. The summed E-state index contributed by atoms with van der Waals surface area (Å²) in [5.41, 5.74) is 5.63. The van der Waals surface area contributed by atoms with Gasteiger partial charge in [-0.15, -0.1) is 0 Å². The lowest BCUT2D eigenvalue weighted by Crippen LogP contribution is -2.65. The molecule has 0 bridgehead atoms. The predicted octanol–water partition coefficient (Wildman–Crippen LogP) is -0.744. The largest absolute Gasteiger partial charge is 0.467 e. The molecule has 2 fully saturated rings. The van der Waals surface area contributed by atoms with Gasteiger partial charge in [-0.05, 0) is 31.2 Å². The Kier molecular flexibility index (Phi) is 17.8. The summed E-state index contributed by atoms with van der Waals surface area (Å²) in [6.07, 6.45) is -12.4. The van der Waals surface area contributed by atoms with Crippen LogP contribution in [-0.4, -0.2) is 151 Å². The van der Waals surface area contributed by atoms with Crippen LogP contribution >= 0.6 is 23.2 Å². The minimum atomic E-state index is -1.56. The van der Waals surface area contributed by atoms with Gasteiger partial charge in [0.1, 0.15) is 54.8 Å². The van der Waals surface area contributed by atoms with Gasteiger partial charge >= 0.3 is 11.9 Å². The van der Waals surface area contributed by atoms with Crippen LogP contribution in [0.1, 0.15) is 49.4 Å². The Morgan fingerprint density at radius 1 is 0.846 bits per heavy atom. The number of aliphatic hydroxyl groups is 4. The van der Waals surface area contributed by atoms with E-state index < -0.39 is 117 Å². The average Bonchev–Trinajstić information content (AvgIpc) is 3.11. The van der Waals surface area contributed by atoms with E-state index in [4.69, 9.17) is 52.6 Å². The maximum Gasteiger partial charge on any atom is 0.331 e. The van der Waals surface area contributed by atoms with Crippen LogP contribution in [0.15, 0.2) is 18.2 Å². The Labute approximate surface area is 309 Å². The summed E-state index contributed by atoms with van der Waals surface area (Å²) >= 11 is 12.1. The van der Waals surface area contributed by atoms with Crippen molar-refractivity contribution in [3.63, 3.8) is 0 Å². The van der Waals surface area contributed by atoms with Crippen molar-refractivity contribution in [3.8, 4) is 0 Å². The molecule has 0 aromatic heterocycles. The molecule has 0 saturated carbocycles. The van der Waals surface area contributed by atoms with Gasteiger partial charge in [-0.3, -0.25) is 19.2 Å². The third-order valence-electron chi connectivity index (χ3n) is 8.54. The lowest BCUT2D eigenvalue weighted by Gasteiger charge is -2.44. The molecule has 2 aliphatic heterocycles. The number of benzene rings is 1. The summed E-state index contributed by atoms with van der Waals surface area (Å²) in [5.74, 6) is -3.20. The van der Waals surface area contributed by atoms with Crippen molar-refractivity contribution >= 4 is 52.6 Å². The number of methoxy groups -OCH3 is 1. The summed E-state index contributed by atoms with van der Waals surface area (Å²) in [5, 5.41) is 44.3. The first-order valence-electron chi connectivity index (χ1n) is 16.6. The Bertz CT molecular complexity index is 1390. The van der Waals surface area contributed by atoms with Crippen LogP contribution in [0, 0.1) is 0 Å². The number of amides is 1. The van der Waals surface area contributed by atoms with E-state index in [9.17, 15) is 44.4 Å². The van der Waals surface area contributed by atoms with Crippen LogP contribution in [0.5, 0.6) is 0 Å². The molecule has 0 spiro atoms. The number of nitrogens with one attached hydrogen (secondary N) is 1. The van der Waals surface area contributed by atoms with Gasteiger partial charge in [0.05, 0.1) is 48.6 Å². The quantitative estimate of drug-likeness (QED) is 0.0746. The molecule has 4 unspecified atom stereocenters. The summed E-state index contributed by atoms with van der Waals surface area (Å²) in [6.45, 7) is -0.480. The fraction of sp³-hybridized carbons (Fsp3) is 0.667.